The highest BCUT2D eigenvalue weighted by atomic mass is 16.5. The number of ether oxygens (including phenoxy) is 1. The molecular formula is C76H147NO5. The number of allylic oxidation sites excluding steroid dienone is 4. The summed E-state index contributed by atoms with van der Waals surface area (Å²) >= 11 is 0. The maximum atomic E-state index is 12.6. The van der Waals surface area contributed by atoms with Gasteiger partial charge in [-0.15, -0.1) is 0 Å². The van der Waals surface area contributed by atoms with Gasteiger partial charge in [0.1, 0.15) is 0 Å². The molecule has 0 bridgehead atoms. The van der Waals surface area contributed by atoms with Crippen molar-refractivity contribution in [1.82, 2.24) is 5.32 Å². The molecule has 3 N–H and O–H groups in total. The first-order valence-electron chi connectivity index (χ1n) is 37.6. The Kier molecular flexibility index (Phi) is 70.4. The lowest BCUT2D eigenvalue weighted by Gasteiger charge is -2.22. The second kappa shape index (κ2) is 71.8. The van der Waals surface area contributed by atoms with E-state index >= 15 is 0 Å². The standard InChI is InChI=1S/C76H147NO5/c1-3-5-7-9-11-13-15-17-19-21-23-24-25-26-29-33-36-40-44-48-52-56-60-64-68-74(79)73(72-78)77-75(80)69-65-61-57-53-49-45-41-37-34-30-27-28-31-35-39-43-47-51-55-59-63-67-71-82-76(81)70-66-62-58-54-50-46-42-38-32-22-20-18-16-14-12-10-8-6-4-2/h18,20,30,34,73-74,78-79H,3-17,19,21-29,31-33,35-72H2,1-2H3,(H,77,80)/b20-18-,34-30-. The molecule has 0 spiro atoms. The van der Waals surface area contributed by atoms with E-state index in [0.29, 0.717) is 25.9 Å². The summed E-state index contributed by atoms with van der Waals surface area (Å²) < 4.78 is 5.51. The first kappa shape index (κ1) is 80.3. The summed E-state index contributed by atoms with van der Waals surface area (Å²) in [5.41, 5.74) is 0. The molecule has 0 heterocycles. The SMILES string of the molecule is CCCCCCCC/C=C\CCCCCCCCCCCC(=O)OCCCCCCCCCCCCC/C=C\CCCCCCCCCC(=O)NC(CO)C(O)CCCCCCCCCCCCCCCCCCCCCCCCCC. The molecule has 0 aliphatic rings. The molecular weight excluding hydrogens is 1010 g/mol. The minimum atomic E-state index is -0.670. The van der Waals surface area contributed by atoms with Crippen molar-refractivity contribution in [2.75, 3.05) is 13.2 Å². The number of carbonyl (C=O) groups excluding carboxylic acids is 2. The molecule has 0 aromatic carbocycles. The van der Waals surface area contributed by atoms with Crippen molar-refractivity contribution in [3.63, 3.8) is 0 Å². The zero-order chi connectivity index (χ0) is 59.2. The lowest BCUT2D eigenvalue weighted by molar-refractivity contribution is -0.143. The number of aliphatic hydroxyl groups is 2. The summed E-state index contributed by atoms with van der Waals surface area (Å²) in [6.45, 7) is 4.99. The Morgan fingerprint density at radius 2 is 0.573 bits per heavy atom. The lowest BCUT2D eigenvalue weighted by Crippen LogP contribution is -2.45. The summed E-state index contributed by atoms with van der Waals surface area (Å²) in [4.78, 5) is 24.7. The molecule has 6 heteroatoms. The monoisotopic (exact) mass is 1150 g/mol. The van der Waals surface area contributed by atoms with Crippen LogP contribution in [0.15, 0.2) is 24.3 Å². The minimum absolute atomic E-state index is 0.0108. The van der Waals surface area contributed by atoms with Gasteiger partial charge >= 0.3 is 5.97 Å². The highest BCUT2D eigenvalue weighted by molar-refractivity contribution is 5.76. The molecule has 6 nitrogen and oxygen atoms in total. The highest BCUT2D eigenvalue weighted by Gasteiger charge is 2.20. The third-order valence-electron chi connectivity index (χ3n) is 17.7. The first-order valence-corrected chi connectivity index (χ1v) is 37.6. The van der Waals surface area contributed by atoms with E-state index in [1.54, 1.807) is 0 Å². The van der Waals surface area contributed by atoms with Gasteiger partial charge in [-0.1, -0.05) is 359 Å². The van der Waals surface area contributed by atoms with Crippen LogP contribution in [0.3, 0.4) is 0 Å². The molecule has 0 aromatic rings. The van der Waals surface area contributed by atoms with Gasteiger partial charge in [0.25, 0.3) is 0 Å². The van der Waals surface area contributed by atoms with Gasteiger partial charge in [0.15, 0.2) is 0 Å². The fourth-order valence-corrected chi connectivity index (χ4v) is 12.0. The zero-order valence-electron chi connectivity index (χ0n) is 55.8. The van der Waals surface area contributed by atoms with Crippen LogP contribution in [0.2, 0.25) is 0 Å². The van der Waals surface area contributed by atoms with Gasteiger partial charge < -0.3 is 20.3 Å². The number of esters is 1. The van der Waals surface area contributed by atoms with Gasteiger partial charge in [0.05, 0.1) is 25.4 Å². The maximum absolute atomic E-state index is 12.6. The largest absolute Gasteiger partial charge is 0.466 e. The summed E-state index contributed by atoms with van der Waals surface area (Å²) in [5, 5.41) is 23.5. The van der Waals surface area contributed by atoms with Crippen molar-refractivity contribution in [3.8, 4) is 0 Å². The van der Waals surface area contributed by atoms with Crippen LogP contribution in [0.1, 0.15) is 425 Å². The third-order valence-corrected chi connectivity index (χ3v) is 17.7. The van der Waals surface area contributed by atoms with Gasteiger partial charge in [-0.2, -0.15) is 0 Å². The molecule has 0 saturated carbocycles. The van der Waals surface area contributed by atoms with Crippen LogP contribution in [-0.4, -0.2) is 47.4 Å². The summed E-state index contributed by atoms with van der Waals surface area (Å²) in [7, 11) is 0. The van der Waals surface area contributed by atoms with Gasteiger partial charge in [-0.3, -0.25) is 9.59 Å². The Morgan fingerprint density at radius 1 is 0.329 bits per heavy atom. The number of rotatable bonds is 71. The van der Waals surface area contributed by atoms with Gasteiger partial charge in [0.2, 0.25) is 5.91 Å². The van der Waals surface area contributed by atoms with E-state index in [-0.39, 0.29) is 18.5 Å². The quantitative estimate of drug-likeness (QED) is 0.0320. The van der Waals surface area contributed by atoms with Crippen LogP contribution in [0.4, 0.5) is 0 Å². The van der Waals surface area contributed by atoms with Crippen LogP contribution in [0.5, 0.6) is 0 Å². The van der Waals surface area contributed by atoms with Crippen molar-refractivity contribution >= 4 is 11.9 Å². The molecule has 0 rings (SSSR count). The molecule has 0 aliphatic carbocycles. The van der Waals surface area contributed by atoms with E-state index in [4.69, 9.17) is 4.74 Å². The second-order valence-electron chi connectivity index (χ2n) is 26.0. The van der Waals surface area contributed by atoms with Crippen molar-refractivity contribution < 1.29 is 24.5 Å². The summed E-state index contributed by atoms with van der Waals surface area (Å²) in [5.74, 6) is -0.0261. The normalized spacial score (nSPS) is 12.6. The topological polar surface area (TPSA) is 95.9 Å². The van der Waals surface area contributed by atoms with Crippen LogP contribution in [0, 0.1) is 0 Å². The summed E-state index contributed by atoms with van der Waals surface area (Å²) in [6, 6.07) is -0.548. The fourth-order valence-electron chi connectivity index (χ4n) is 12.0. The van der Waals surface area contributed by atoms with Crippen molar-refractivity contribution in [3.05, 3.63) is 24.3 Å². The molecule has 2 unspecified atom stereocenters. The summed E-state index contributed by atoms with van der Waals surface area (Å²) in [6.07, 6.45) is 90.9. The minimum Gasteiger partial charge on any atom is -0.466 e. The van der Waals surface area contributed by atoms with E-state index < -0.39 is 12.1 Å². The molecule has 0 aliphatic heterocycles. The van der Waals surface area contributed by atoms with E-state index in [2.05, 4.69) is 43.5 Å². The van der Waals surface area contributed by atoms with Crippen LogP contribution < -0.4 is 5.32 Å². The predicted octanol–water partition coefficient (Wildman–Crippen LogP) is 24.5. The first-order chi connectivity index (χ1) is 40.5. The Bertz CT molecular complexity index is 1280. The Hall–Kier alpha value is -1.66. The van der Waals surface area contributed by atoms with Crippen molar-refractivity contribution in [1.29, 1.82) is 0 Å². The Labute approximate surface area is 513 Å². The lowest BCUT2D eigenvalue weighted by atomic mass is 10.0. The molecule has 2 atom stereocenters. The van der Waals surface area contributed by atoms with Crippen molar-refractivity contribution in [2.24, 2.45) is 0 Å². The number of aliphatic hydroxyl groups excluding tert-OH is 2. The molecule has 0 fully saturated rings. The molecule has 82 heavy (non-hydrogen) atoms. The molecule has 0 aromatic heterocycles. The average Bonchev–Trinajstić information content (AvgIpc) is 3.48. The number of nitrogens with one attached hydrogen (secondary N) is 1. The van der Waals surface area contributed by atoms with E-state index in [0.717, 1.165) is 44.9 Å². The average molecular weight is 1160 g/mol. The second-order valence-corrected chi connectivity index (χ2v) is 26.0. The number of carbonyl (C=O) groups is 2. The van der Waals surface area contributed by atoms with E-state index in [9.17, 15) is 19.8 Å². The van der Waals surface area contributed by atoms with E-state index in [1.165, 1.54) is 347 Å². The predicted molar refractivity (Wildman–Crippen MR) is 361 cm³/mol. The molecule has 0 saturated heterocycles. The van der Waals surface area contributed by atoms with Gasteiger partial charge in [0, 0.05) is 12.8 Å². The molecule has 1 amide bonds. The van der Waals surface area contributed by atoms with Gasteiger partial charge in [-0.05, 0) is 77.0 Å². The maximum Gasteiger partial charge on any atom is 0.305 e. The van der Waals surface area contributed by atoms with Crippen LogP contribution in [-0.2, 0) is 14.3 Å². The molecule has 486 valence electrons. The fraction of sp³-hybridized carbons (Fsp3) is 0.921. The Balaban J connectivity index is 3.40. The molecule has 0 radical (unpaired) electrons. The Morgan fingerprint density at radius 3 is 0.866 bits per heavy atom. The smallest absolute Gasteiger partial charge is 0.305 e. The van der Waals surface area contributed by atoms with Crippen LogP contribution >= 0.6 is 0 Å². The van der Waals surface area contributed by atoms with Gasteiger partial charge in [-0.25, -0.2) is 0 Å². The van der Waals surface area contributed by atoms with Crippen molar-refractivity contribution in [2.45, 2.75) is 437 Å². The number of hydrogen-bond acceptors (Lipinski definition) is 5. The number of unbranched alkanes of at least 4 members (excludes halogenated alkanes) is 56. The highest BCUT2D eigenvalue weighted by Crippen LogP contribution is 2.19. The number of amides is 1. The number of hydrogen-bond donors (Lipinski definition) is 3. The third kappa shape index (κ3) is 67.5. The zero-order valence-corrected chi connectivity index (χ0v) is 55.8. The van der Waals surface area contributed by atoms with E-state index in [1.807, 2.05) is 0 Å². The van der Waals surface area contributed by atoms with Crippen LogP contribution in [0.25, 0.3) is 0 Å².